The first-order chi connectivity index (χ1) is 14.8. The van der Waals surface area contributed by atoms with Crippen LogP contribution in [0.3, 0.4) is 0 Å². The molecule has 0 atom stereocenters. The molecule has 1 aliphatic rings. The van der Waals surface area contributed by atoms with Gasteiger partial charge in [-0.25, -0.2) is 9.97 Å². The van der Waals surface area contributed by atoms with Crippen molar-refractivity contribution in [3.8, 4) is 0 Å². The molecule has 0 saturated carbocycles. The summed E-state index contributed by atoms with van der Waals surface area (Å²) in [5, 5.41) is 0. The predicted molar refractivity (Wildman–Crippen MR) is 122 cm³/mol. The molecule has 0 radical (unpaired) electrons. The molecule has 0 spiro atoms. The summed E-state index contributed by atoms with van der Waals surface area (Å²) in [6.45, 7) is 3.48. The topological polar surface area (TPSA) is 69.6 Å². The maximum absolute atomic E-state index is 12.6. The highest BCUT2D eigenvalue weighted by molar-refractivity contribution is 5.76. The molecule has 0 unspecified atom stereocenters. The molecule has 1 saturated heterocycles. The van der Waals surface area contributed by atoms with Crippen molar-refractivity contribution in [3.63, 3.8) is 0 Å². The lowest BCUT2D eigenvalue weighted by Gasteiger charge is -2.32. The summed E-state index contributed by atoms with van der Waals surface area (Å²) in [7, 11) is 5.69. The summed E-state index contributed by atoms with van der Waals surface area (Å²) in [6, 6.07) is 12.1. The van der Waals surface area contributed by atoms with Gasteiger partial charge in [0.05, 0.1) is 12.2 Å². The number of hydrogen-bond donors (Lipinski definition) is 0. The van der Waals surface area contributed by atoms with Gasteiger partial charge in [-0.1, -0.05) is 30.3 Å². The van der Waals surface area contributed by atoms with E-state index in [1.165, 1.54) is 5.56 Å². The molecule has 7 heteroatoms. The molecule has 0 N–H and O–H groups in total. The fourth-order valence-corrected chi connectivity index (χ4v) is 3.79. The van der Waals surface area contributed by atoms with E-state index in [-0.39, 0.29) is 17.7 Å². The number of carbonyl (C=O) groups is 2. The molecule has 1 aromatic heterocycles. The Morgan fingerprint density at radius 1 is 1.06 bits per heavy atom. The molecule has 0 aliphatic carbocycles. The number of anilines is 1. The Morgan fingerprint density at radius 3 is 2.35 bits per heavy atom. The van der Waals surface area contributed by atoms with Crippen LogP contribution in [0.4, 0.5) is 5.82 Å². The number of likely N-dealkylation sites (tertiary alicyclic amines) is 1. The second-order valence-corrected chi connectivity index (χ2v) is 8.49. The Kier molecular flexibility index (Phi) is 7.60. The lowest BCUT2D eigenvalue weighted by Crippen LogP contribution is -2.38. The molecule has 0 bridgehead atoms. The van der Waals surface area contributed by atoms with Gasteiger partial charge in [0.25, 0.3) is 0 Å². The number of rotatable bonds is 7. The van der Waals surface area contributed by atoms with Crippen LogP contribution in [0.15, 0.2) is 36.4 Å². The smallest absolute Gasteiger partial charge is 0.222 e. The van der Waals surface area contributed by atoms with E-state index >= 15 is 0 Å². The Bertz CT molecular complexity index is 892. The number of carbonyl (C=O) groups excluding carboxylic acids is 2. The lowest BCUT2D eigenvalue weighted by atomic mass is 9.95. The van der Waals surface area contributed by atoms with Gasteiger partial charge in [-0.15, -0.1) is 0 Å². The van der Waals surface area contributed by atoms with E-state index in [0.29, 0.717) is 13.0 Å². The van der Waals surface area contributed by atoms with Crippen molar-refractivity contribution in [1.29, 1.82) is 0 Å². The average Bonchev–Trinajstić information content (AvgIpc) is 2.78. The Balaban J connectivity index is 1.62. The Labute approximate surface area is 185 Å². The van der Waals surface area contributed by atoms with E-state index in [0.717, 1.165) is 49.7 Å². The van der Waals surface area contributed by atoms with E-state index in [1.54, 1.807) is 18.9 Å². The molecule has 1 aromatic carbocycles. The highest BCUT2D eigenvalue weighted by Crippen LogP contribution is 2.28. The van der Waals surface area contributed by atoms with Crippen LogP contribution in [0.1, 0.15) is 49.2 Å². The van der Waals surface area contributed by atoms with Crippen LogP contribution < -0.4 is 4.90 Å². The van der Waals surface area contributed by atoms with Crippen LogP contribution in [-0.2, 0) is 22.6 Å². The zero-order chi connectivity index (χ0) is 22.4. The number of aryl methyl sites for hydroxylation is 1. The van der Waals surface area contributed by atoms with E-state index in [9.17, 15) is 9.59 Å². The fourth-order valence-electron chi connectivity index (χ4n) is 3.79. The third-order valence-corrected chi connectivity index (χ3v) is 5.86. The molecule has 166 valence electrons. The standard InChI is InChI=1S/C24H33N5O2/c1-18(30)28(4)17-21-16-22(27(2)3)26-24(25-21)20-12-14-29(15-13-20)23(31)11-10-19-8-6-5-7-9-19/h5-9,16,20H,10-15,17H2,1-4H3. The SMILES string of the molecule is CC(=O)N(C)Cc1cc(N(C)C)nc(C2CCN(C(=O)CCc3ccccc3)CC2)n1. The van der Waals surface area contributed by atoms with E-state index in [4.69, 9.17) is 9.97 Å². The van der Waals surface area contributed by atoms with Crippen LogP contribution in [0.5, 0.6) is 0 Å². The largest absolute Gasteiger partial charge is 0.363 e. The van der Waals surface area contributed by atoms with Crippen molar-refractivity contribution in [1.82, 2.24) is 19.8 Å². The van der Waals surface area contributed by atoms with Gasteiger partial charge >= 0.3 is 0 Å². The normalized spacial score (nSPS) is 14.4. The molecule has 1 fully saturated rings. The second-order valence-electron chi connectivity index (χ2n) is 8.49. The summed E-state index contributed by atoms with van der Waals surface area (Å²) in [6.07, 6.45) is 3.04. The number of amides is 2. The minimum Gasteiger partial charge on any atom is -0.363 e. The first kappa shape index (κ1) is 22.7. The third kappa shape index (κ3) is 6.26. The van der Waals surface area contributed by atoms with Gasteiger partial charge in [-0.2, -0.15) is 0 Å². The number of aromatic nitrogens is 2. The maximum Gasteiger partial charge on any atom is 0.222 e. The van der Waals surface area contributed by atoms with E-state index in [2.05, 4.69) is 12.1 Å². The molecule has 31 heavy (non-hydrogen) atoms. The van der Waals surface area contributed by atoms with Crippen molar-refractivity contribution >= 4 is 17.6 Å². The predicted octanol–water partition coefficient (Wildman–Crippen LogP) is 2.86. The van der Waals surface area contributed by atoms with Crippen molar-refractivity contribution in [2.75, 3.05) is 39.1 Å². The quantitative estimate of drug-likeness (QED) is 0.685. The number of benzene rings is 1. The molecule has 7 nitrogen and oxygen atoms in total. The van der Waals surface area contributed by atoms with Gasteiger partial charge in [0.1, 0.15) is 11.6 Å². The lowest BCUT2D eigenvalue weighted by molar-refractivity contribution is -0.132. The number of nitrogens with zero attached hydrogens (tertiary/aromatic N) is 5. The van der Waals surface area contributed by atoms with Gasteiger partial charge in [0.15, 0.2) is 0 Å². The van der Waals surface area contributed by atoms with Crippen molar-refractivity contribution < 1.29 is 9.59 Å². The van der Waals surface area contributed by atoms with Gasteiger partial charge in [0.2, 0.25) is 11.8 Å². The minimum absolute atomic E-state index is 0.00823. The van der Waals surface area contributed by atoms with Crippen LogP contribution >= 0.6 is 0 Å². The van der Waals surface area contributed by atoms with Gasteiger partial charge in [-0.3, -0.25) is 9.59 Å². The fraction of sp³-hybridized carbons (Fsp3) is 0.500. The third-order valence-electron chi connectivity index (χ3n) is 5.86. The van der Waals surface area contributed by atoms with Gasteiger partial charge < -0.3 is 14.7 Å². The van der Waals surface area contributed by atoms with E-state index < -0.39 is 0 Å². The van der Waals surface area contributed by atoms with Crippen LogP contribution in [0.25, 0.3) is 0 Å². The molecular weight excluding hydrogens is 390 g/mol. The van der Waals surface area contributed by atoms with E-state index in [1.807, 2.05) is 48.2 Å². The maximum atomic E-state index is 12.6. The molecule has 3 rings (SSSR count). The molecule has 2 amide bonds. The molecule has 2 heterocycles. The Morgan fingerprint density at radius 2 is 1.74 bits per heavy atom. The summed E-state index contributed by atoms with van der Waals surface area (Å²) in [4.78, 5) is 39.4. The van der Waals surface area contributed by atoms with Gasteiger partial charge in [-0.05, 0) is 24.8 Å². The van der Waals surface area contributed by atoms with Crippen LogP contribution in [0.2, 0.25) is 0 Å². The van der Waals surface area contributed by atoms with Gasteiger partial charge in [0, 0.05) is 59.6 Å². The number of piperidine rings is 1. The summed E-state index contributed by atoms with van der Waals surface area (Å²) in [5.41, 5.74) is 2.04. The highest BCUT2D eigenvalue weighted by atomic mass is 16.2. The minimum atomic E-state index is 0.00823. The summed E-state index contributed by atoms with van der Waals surface area (Å²) in [5.74, 6) is 2.11. The molecular formula is C24H33N5O2. The summed E-state index contributed by atoms with van der Waals surface area (Å²) >= 11 is 0. The molecule has 1 aliphatic heterocycles. The second kappa shape index (κ2) is 10.4. The average molecular weight is 424 g/mol. The number of hydrogen-bond acceptors (Lipinski definition) is 5. The Hall–Kier alpha value is -2.96. The molecule has 2 aromatic rings. The summed E-state index contributed by atoms with van der Waals surface area (Å²) < 4.78 is 0. The zero-order valence-corrected chi connectivity index (χ0v) is 19.0. The van der Waals surface area contributed by atoms with Crippen LogP contribution in [0, 0.1) is 0 Å². The highest BCUT2D eigenvalue weighted by Gasteiger charge is 2.26. The van der Waals surface area contributed by atoms with Crippen LogP contribution in [-0.4, -0.2) is 65.8 Å². The first-order valence-corrected chi connectivity index (χ1v) is 10.9. The van der Waals surface area contributed by atoms with Crippen molar-refractivity contribution in [3.05, 3.63) is 53.5 Å². The zero-order valence-electron chi connectivity index (χ0n) is 19.0. The first-order valence-electron chi connectivity index (χ1n) is 10.9. The monoisotopic (exact) mass is 423 g/mol. The van der Waals surface area contributed by atoms with Crippen molar-refractivity contribution in [2.45, 2.75) is 45.1 Å². The van der Waals surface area contributed by atoms with Crippen molar-refractivity contribution in [2.24, 2.45) is 0 Å².